The van der Waals surface area contributed by atoms with Gasteiger partial charge in [0, 0.05) is 12.2 Å². The van der Waals surface area contributed by atoms with Gasteiger partial charge < -0.3 is 9.84 Å². The van der Waals surface area contributed by atoms with Crippen molar-refractivity contribution in [2.45, 2.75) is 84.0 Å². The van der Waals surface area contributed by atoms with Gasteiger partial charge in [0.05, 0.1) is 6.61 Å². The molecule has 0 atom stereocenters. The molecule has 5 heteroatoms. The fourth-order valence-corrected chi connectivity index (χ4v) is 2.30. The topological polar surface area (TPSA) is 63.6 Å². The third-order valence-corrected chi connectivity index (χ3v) is 3.60. The van der Waals surface area contributed by atoms with Gasteiger partial charge in [0.15, 0.2) is 0 Å². The molecule has 0 spiro atoms. The molecule has 0 fully saturated rings. The van der Waals surface area contributed by atoms with E-state index in [2.05, 4.69) is 6.92 Å². The van der Waals surface area contributed by atoms with Crippen LogP contribution in [-0.2, 0) is 14.3 Å². The van der Waals surface area contributed by atoms with Gasteiger partial charge in [-0.2, -0.15) is 0 Å². The minimum absolute atomic E-state index is 0. The van der Waals surface area contributed by atoms with Crippen LogP contribution in [0.2, 0.25) is 0 Å². The Labute approximate surface area is 183 Å². The van der Waals surface area contributed by atoms with E-state index in [4.69, 9.17) is 9.84 Å². The summed E-state index contributed by atoms with van der Waals surface area (Å²) in [5, 5.41) is 8.35. The Morgan fingerprint density at radius 2 is 1.22 bits per heavy atom. The van der Waals surface area contributed by atoms with Crippen LogP contribution in [-0.4, -0.2) is 75.0 Å². The number of aliphatic carboxylic acids is 1. The van der Waals surface area contributed by atoms with Crippen LogP contribution >= 0.6 is 0 Å². The normalized spacial score (nSPS) is 10.5. The molecular formula is C18H33KO4. The van der Waals surface area contributed by atoms with Crippen LogP contribution < -0.4 is 0 Å². The molecular weight excluding hydrogens is 319 g/mol. The van der Waals surface area contributed by atoms with Gasteiger partial charge in [-0.25, -0.2) is 9.59 Å². The van der Waals surface area contributed by atoms with Gasteiger partial charge in [-0.3, -0.25) is 0 Å². The molecule has 0 aromatic heterocycles. The monoisotopic (exact) mass is 352 g/mol. The van der Waals surface area contributed by atoms with Crippen molar-refractivity contribution in [3.8, 4) is 0 Å². The van der Waals surface area contributed by atoms with E-state index in [0.717, 1.165) is 25.0 Å². The van der Waals surface area contributed by atoms with Crippen LogP contribution in [0.4, 0.5) is 0 Å². The fourth-order valence-electron chi connectivity index (χ4n) is 2.30. The number of hydrogen-bond donors (Lipinski definition) is 1. The third kappa shape index (κ3) is 22.3. The third-order valence-electron chi connectivity index (χ3n) is 3.60. The molecule has 0 heterocycles. The summed E-state index contributed by atoms with van der Waals surface area (Å²) < 4.78 is 4.90. The van der Waals surface area contributed by atoms with Crippen molar-refractivity contribution in [2.24, 2.45) is 0 Å². The standard InChI is InChI=1S/C18H32O4.K.H/c1-2-3-4-5-6-7-8-9-10-11-12-13-16-22-18(21)15-14-17(19)20;;/h14-15H,2-13,16H2,1H3,(H,19,20);;/b15-14-;;. The summed E-state index contributed by atoms with van der Waals surface area (Å²) in [6.07, 6.45) is 16.9. The van der Waals surface area contributed by atoms with E-state index in [-0.39, 0.29) is 51.4 Å². The number of carbonyl (C=O) groups excluding carboxylic acids is 1. The van der Waals surface area contributed by atoms with Crippen LogP contribution in [0.5, 0.6) is 0 Å². The van der Waals surface area contributed by atoms with Crippen LogP contribution in [0.1, 0.15) is 84.0 Å². The first-order chi connectivity index (χ1) is 10.7. The van der Waals surface area contributed by atoms with E-state index in [1.54, 1.807) is 0 Å². The van der Waals surface area contributed by atoms with Gasteiger partial charge in [0.25, 0.3) is 0 Å². The number of unbranched alkanes of at least 4 members (excludes halogenated alkanes) is 11. The summed E-state index contributed by atoms with van der Waals surface area (Å²) in [6.45, 7) is 2.62. The molecule has 4 nitrogen and oxygen atoms in total. The average Bonchev–Trinajstić information content (AvgIpc) is 2.49. The molecule has 0 aromatic rings. The number of rotatable bonds is 15. The Hall–Kier alpha value is 0.316. The zero-order valence-electron chi connectivity index (χ0n) is 14.0. The summed E-state index contributed by atoms with van der Waals surface area (Å²) in [4.78, 5) is 21.3. The molecule has 1 N–H and O–H groups in total. The Kier molecular flexibility index (Phi) is 22.6. The molecule has 0 bridgehead atoms. The quantitative estimate of drug-likeness (QED) is 0.207. The van der Waals surface area contributed by atoms with Crippen LogP contribution in [0.15, 0.2) is 12.2 Å². The number of carbonyl (C=O) groups is 2. The Balaban J connectivity index is 0. The molecule has 0 saturated heterocycles. The Morgan fingerprint density at radius 1 is 0.783 bits per heavy atom. The number of esters is 1. The maximum absolute atomic E-state index is 11.1. The van der Waals surface area contributed by atoms with Crippen LogP contribution in [0.25, 0.3) is 0 Å². The molecule has 0 aliphatic rings. The molecule has 0 rings (SSSR count). The predicted octanol–water partition coefficient (Wildman–Crippen LogP) is 4.22. The number of carboxylic acid groups (broad SMARTS) is 1. The fraction of sp³-hybridized carbons (Fsp3) is 0.778. The molecule has 0 unspecified atom stereocenters. The zero-order valence-corrected chi connectivity index (χ0v) is 14.0. The zero-order chi connectivity index (χ0) is 16.5. The first kappa shape index (κ1) is 25.6. The Morgan fingerprint density at radius 3 is 1.65 bits per heavy atom. The second-order valence-corrected chi connectivity index (χ2v) is 5.73. The van der Waals surface area contributed by atoms with Gasteiger partial charge in [-0.1, -0.05) is 77.6 Å². The van der Waals surface area contributed by atoms with Crippen LogP contribution in [0, 0.1) is 0 Å². The molecule has 0 aliphatic carbocycles. The average molecular weight is 353 g/mol. The summed E-state index contributed by atoms with van der Waals surface area (Å²) in [7, 11) is 0. The van der Waals surface area contributed by atoms with E-state index in [9.17, 15) is 9.59 Å². The minimum atomic E-state index is -1.14. The molecule has 0 saturated carbocycles. The van der Waals surface area contributed by atoms with Crippen molar-refractivity contribution in [3.63, 3.8) is 0 Å². The van der Waals surface area contributed by atoms with E-state index in [1.165, 1.54) is 64.2 Å². The molecule has 0 aliphatic heterocycles. The molecule has 0 radical (unpaired) electrons. The summed E-state index contributed by atoms with van der Waals surface area (Å²) in [5.41, 5.74) is 0. The Bertz CT molecular complexity index is 316. The van der Waals surface area contributed by atoms with E-state index in [1.807, 2.05) is 0 Å². The first-order valence-corrected chi connectivity index (χ1v) is 8.74. The molecule has 23 heavy (non-hydrogen) atoms. The number of carboxylic acids is 1. The van der Waals surface area contributed by atoms with Crippen LogP contribution in [0.3, 0.4) is 0 Å². The van der Waals surface area contributed by atoms with E-state index in [0.29, 0.717) is 6.61 Å². The van der Waals surface area contributed by atoms with Gasteiger partial charge in [0.2, 0.25) is 0 Å². The molecule has 130 valence electrons. The van der Waals surface area contributed by atoms with Gasteiger partial charge in [-0.05, 0) is 6.42 Å². The van der Waals surface area contributed by atoms with Gasteiger partial charge in [0.1, 0.15) is 0 Å². The number of ether oxygens (including phenoxy) is 1. The molecule has 0 aromatic carbocycles. The number of hydrogen-bond acceptors (Lipinski definition) is 3. The van der Waals surface area contributed by atoms with Crippen molar-refractivity contribution >= 4 is 63.3 Å². The van der Waals surface area contributed by atoms with Crippen molar-refractivity contribution in [2.75, 3.05) is 6.61 Å². The van der Waals surface area contributed by atoms with Crippen molar-refractivity contribution in [3.05, 3.63) is 12.2 Å². The van der Waals surface area contributed by atoms with E-state index < -0.39 is 11.9 Å². The summed E-state index contributed by atoms with van der Waals surface area (Å²) in [5.74, 6) is -1.72. The second-order valence-electron chi connectivity index (χ2n) is 5.73. The van der Waals surface area contributed by atoms with Crippen molar-refractivity contribution < 1.29 is 19.4 Å². The van der Waals surface area contributed by atoms with Gasteiger partial charge in [-0.15, -0.1) is 0 Å². The second kappa shape index (κ2) is 20.4. The summed E-state index contributed by atoms with van der Waals surface area (Å²) in [6, 6.07) is 0. The van der Waals surface area contributed by atoms with Crippen molar-refractivity contribution in [1.82, 2.24) is 0 Å². The molecule has 0 amide bonds. The maximum atomic E-state index is 11.1. The first-order valence-electron chi connectivity index (χ1n) is 8.74. The van der Waals surface area contributed by atoms with Crippen molar-refractivity contribution in [1.29, 1.82) is 0 Å². The SMILES string of the molecule is CCCCCCCCCCCCCCOC(=O)/C=C\C(=O)O.[KH]. The predicted molar refractivity (Wildman–Crippen MR) is 96.0 cm³/mol. The van der Waals surface area contributed by atoms with E-state index >= 15 is 0 Å². The summed E-state index contributed by atoms with van der Waals surface area (Å²) >= 11 is 0. The van der Waals surface area contributed by atoms with Gasteiger partial charge >= 0.3 is 63.3 Å².